The molecule has 3 aromatic rings. The van der Waals surface area contributed by atoms with Crippen molar-refractivity contribution in [3.8, 4) is 0 Å². The van der Waals surface area contributed by atoms with E-state index in [2.05, 4.69) is 10.2 Å². The van der Waals surface area contributed by atoms with E-state index in [4.69, 9.17) is 13.9 Å². The smallest absolute Gasteiger partial charge is 0.375 e. The highest BCUT2D eigenvalue weighted by Crippen LogP contribution is 2.27. The van der Waals surface area contributed by atoms with Crippen LogP contribution < -0.4 is 10.2 Å². The Balaban J connectivity index is 1.35. The second-order valence-electron chi connectivity index (χ2n) is 7.56. The summed E-state index contributed by atoms with van der Waals surface area (Å²) in [5.41, 5.74) is 2.99. The van der Waals surface area contributed by atoms with Gasteiger partial charge >= 0.3 is 5.97 Å². The van der Waals surface area contributed by atoms with Crippen LogP contribution in [0.2, 0.25) is 0 Å². The van der Waals surface area contributed by atoms with Crippen LogP contribution >= 0.6 is 0 Å². The highest BCUT2D eigenvalue weighted by Gasteiger charge is 2.22. The molecule has 0 bridgehead atoms. The maximum atomic E-state index is 12.5. The fourth-order valence-corrected chi connectivity index (χ4v) is 3.85. The summed E-state index contributed by atoms with van der Waals surface area (Å²) in [7, 11) is 1.54. The Kier molecular flexibility index (Phi) is 6.52. The molecule has 2 aromatic carbocycles. The molecule has 1 N–H and O–H groups in total. The van der Waals surface area contributed by atoms with Gasteiger partial charge in [-0.25, -0.2) is 4.79 Å². The first-order chi connectivity index (χ1) is 15.2. The first-order valence-corrected chi connectivity index (χ1v) is 10.5. The Bertz CT molecular complexity index is 1050. The third kappa shape index (κ3) is 4.88. The van der Waals surface area contributed by atoms with Gasteiger partial charge in [0.05, 0.1) is 6.61 Å². The van der Waals surface area contributed by atoms with Crippen LogP contribution in [0.3, 0.4) is 0 Å². The Morgan fingerprint density at radius 1 is 1.03 bits per heavy atom. The van der Waals surface area contributed by atoms with Gasteiger partial charge in [0.25, 0.3) is 5.91 Å². The monoisotopic (exact) mass is 422 g/mol. The maximum Gasteiger partial charge on any atom is 0.375 e. The van der Waals surface area contributed by atoms with Gasteiger partial charge in [-0.05, 0) is 49.6 Å². The number of para-hydroxylation sites is 1. The van der Waals surface area contributed by atoms with Gasteiger partial charge in [-0.1, -0.05) is 18.2 Å². The number of carbonyl (C=O) groups is 2. The van der Waals surface area contributed by atoms with Crippen LogP contribution in [0.5, 0.6) is 0 Å². The molecule has 1 fully saturated rings. The van der Waals surface area contributed by atoms with Crippen LogP contribution in [0, 0.1) is 0 Å². The van der Waals surface area contributed by atoms with Crippen molar-refractivity contribution in [1.29, 1.82) is 0 Å². The third-order valence-electron chi connectivity index (χ3n) is 5.38. The molecule has 1 aliphatic rings. The largest absolute Gasteiger partial charge is 0.450 e. The normalized spacial score (nSPS) is 13.9. The number of esters is 1. The Morgan fingerprint density at radius 3 is 2.52 bits per heavy atom. The molecule has 0 saturated carbocycles. The second kappa shape index (κ2) is 9.66. The molecule has 162 valence electrons. The third-order valence-corrected chi connectivity index (χ3v) is 5.38. The van der Waals surface area contributed by atoms with Gasteiger partial charge in [0.15, 0.2) is 6.61 Å². The Morgan fingerprint density at radius 2 is 1.77 bits per heavy atom. The van der Waals surface area contributed by atoms with E-state index < -0.39 is 18.5 Å². The number of fused-ring (bicyclic) bond motifs is 1. The van der Waals surface area contributed by atoms with E-state index in [0.717, 1.165) is 24.2 Å². The summed E-state index contributed by atoms with van der Waals surface area (Å²) in [5.74, 6) is -1.05. The van der Waals surface area contributed by atoms with Crippen molar-refractivity contribution in [3.63, 3.8) is 0 Å². The van der Waals surface area contributed by atoms with Crippen molar-refractivity contribution in [3.05, 3.63) is 59.9 Å². The van der Waals surface area contributed by atoms with Gasteiger partial charge in [-0.3, -0.25) is 4.79 Å². The summed E-state index contributed by atoms with van der Waals surface area (Å²) in [6, 6.07) is 15.0. The number of benzene rings is 2. The van der Waals surface area contributed by atoms with E-state index in [1.165, 1.54) is 19.3 Å². The molecule has 7 nitrogen and oxygen atoms in total. The summed E-state index contributed by atoms with van der Waals surface area (Å²) in [4.78, 5) is 27.1. The lowest BCUT2D eigenvalue weighted by Crippen LogP contribution is -2.29. The van der Waals surface area contributed by atoms with E-state index in [1.807, 2.05) is 42.5 Å². The van der Waals surface area contributed by atoms with Crippen LogP contribution in [0.15, 0.2) is 52.9 Å². The molecule has 1 saturated heterocycles. The molecule has 2 heterocycles. The first kappa shape index (κ1) is 20.9. The molecule has 31 heavy (non-hydrogen) atoms. The Hall–Kier alpha value is -3.32. The number of amides is 1. The fourth-order valence-electron chi connectivity index (χ4n) is 3.85. The van der Waals surface area contributed by atoms with Crippen molar-refractivity contribution in [2.75, 3.05) is 37.0 Å². The molecule has 0 radical (unpaired) electrons. The number of methoxy groups -OCH3 is 1. The molecule has 4 rings (SSSR count). The zero-order valence-electron chi connectivity index (χ0n) is 17.6. The lowest BCUT2D eigenvalue weighted by Gasteiger charge is -2.28. The lowest BCUT2D eigenvalue weighted by molar-refractivity contribution is -0.119. The van der Waals surface area contributed by atoms with Crippen LogP contribution in [-0.2, 0) is 20.9 Å². The van der Waals surface area contributed by atoms with Crippen molar-refractivity contribution >= 4 is 34.2 Å². The molecule has 0 unspecified atom stereocenters. The van der Waals surface area contributed by atoms with Crippen LogP contribution in [0.4, 0.5) is 11.4 Å². The van der Waals surface area contributed by atoms with Crippen LogP contribution in [0.25, 0.3) is 11.0 Å². The predicted octanol–water partition coefficient (Wildman–Crippen LogP) is 4.37. The van der Waals surface area contributed by atoms with Crippen molar-refractivity contribution in [2.24, 2.45) is 0 Å². The van der Waals surface area contributed by atoms with E-state index in [9.17, 15) is 9.59 Å². The number of furan rings is 1. The minimum Gasteiger partial charge on any atom is -0.450 e. The summed E-state index contributed by atoms with van der Waals surface area (Å²) in [6.07, 6.45) is 3.70. The van der Waals surface area contributed by atoms with Gasteiger partial charge in [0.1, 0.15) is 5.58 Å². The van der Waals surface area contributed by atoms with E-state index in [0.29, 0.717) is 16.8 Å². The zero-order chi connectivity index (χ0) is 21.6. The highest BCUT2D eigenvalue weighted by atomic mass is 16.5. The minimum absolute atomic E-state index is 0.0572. The van der Waals surface area contributed by atoms with Gasteiger partial charge in [0, 0.05) is 42.5 Å². The van der Waals surface area contributed by atoms with Gasteiger partial charge in [-0.2, -0.15) is 0 Å². The summed E-state index contributed by atoms with van der Waals surface area (Å²) >= 11 is 0. The van der Waals surface area contributed by atoms with Gasteiger partial charge < -0.3 is 24.1 Å². The summed E-state index contributed by atoms with van der Waals surface area (Å²) in [6.45, 7) is 1.93. The fraction of sp³-hybridized carbons (Fsp3) is 0.333. The number of hydrogen-bond donors (Lipinski definition) is 1. The summed E-state index contributed by atoms with van der Waals surface area (Å²) < 4.78 is 16.0. The molecular weight excluding hydrogens is 396 g/mol. The minimum atomic E-state index is -0.696. The number of nitrogens with zero attached hydrogens (tertiary/aromatic N) is 1. The number of rotatable bonds is 7. The van der Waals surface area contributed by atoms with E-state index in [1.54, 1.807) is 13.2 Å². The molecule has 0 aliphatic carbocycles. The molecule has 1 amide bonds. The Labute approximate surface area is 180 Å². The number of nitrogens with one attached hydrogen (secondary N) is 1. The van der Waals surface area contributed by atoms with Crippen LogP contribution in [-0.4, -0.2) is 38.7 Å². The molecule has 0 atom stereocenters. The van der Waals surface area contributed by atoms with Crippen molar-refractivity contribution < 1.29 is 23.5 Å². The molecule has 1 aliphatic heterocycles. The molecular formula is C24H26N2O5. The molecule has 1 aromatic heterocycles. The average molecular weight is 422 g/mol. The van der Waals surface area contributed by atoms with Gasteiger partial charge in [0.2, 0.25) is 5.76 Å². The zero-order valence-corrected chi connectivity index (χ0v) is 17.6. The number of anilines is 2. The summed E-state index contributed by atoms with van der Waals surface area (Å²) in [5, 5.41) is 3.54. The number of ether oxygens (including phenoxy) is 2. The van der Waals surface area contributed by atoms with Gasteiger partial charge in [-0.15, -0.1) is 0 Å². The predicted molar refractivity (Wildman–Crippen MR) is 118 cm³/mol. The number of piperidine rings is 1. The number of hydrogen-bond acceptors (Lipinski definition) is 6. The topological polar surface area (TPSA) is 81.0 Å². The van der Waals surface area contributed by atoms with E-state index >= 15 is 0 Å². The quantitative estimate of drug-likeness (QED) is 0.570. The van der Waals surface area contributed by atoms with Crippen molar-refractivity contribution in [2.45, 2.75) is 25.9 Å². The van der Waals surface area contributed by atoms with Crippen LogP contribution in [0.1, 0.15) is 35.4 Å². The maximum absolute atomic E-state index is 12.5. The average Bonchev–Trinajstić information content (AvgIpc) is 3.17. The number of carbonyl (C=O) groups excluding carboxylic acids is 2. The molecule has 0 spiro atoms. The SMILES string of the molecule is COCc1c(C(=O)OCC(=O)Nc2ccc(N3CCCCC3)cc2)oc2ccccc12. The van der Waals surface area contributed by atoms with E-state index in [-0.39, 0.29) is 12.4 Å². The highest BCUT2D eigenvalue weighted by molar-refractivity contribution is 5.98. The second-order valence-corrected chi connectivity index (χ2v) is 7.56. The lowest BCUT2D eigenvalue weighted by atomic mass is 10.1. The standard InChI is InChI=1S/C24H26N2O5/c1-29-15-20-19-7-3-4-8-21(19)31-23(20)24(28)30-16-22(27)25-17-9-11-18(12-10-17)26-13-5-2-6-14-26/h3-4,7-12H,2,5-6,13-16H2,1H3,(H,25,27). The molecule has 7 heteroatoms. The van der Waals surface area contributed by atoms with Crippen molar-refractivity contribution in [1.82, 2.24) is 0 Å². The first-order valence-electron chi connectivity index (χ1n) is 10.5.